The van der Waals surface area contributed by atoms with Crippen LogP contribution < -0.4 is 21.6 Å². The van der Waals surface area contributed by atoms with E-state index in [0.717, 1.165) is 25.9 Å². The molecule has 1 fully saturated rings. The fourth-order valence-corrected chi connectivity index (χ4v) is 3.60. The van der Waals surface area contributed by atoms with Gasteiger partial charge in [0.25, 0.3) is 5.91 Å². The monoisotopic (exact) mass is 462 g/mol. The van der Waals surface area contributed by atoms with E-state index >= 15 is 0 Å². The smallest absolute Gasteiger partial charge is 0.349 e. The molecule has 0 spiro atoms. The van der Waals surface area contributed by atoms with E-state index in [-0.39, 0.29) is 55.2 Å². The zero-order chi connectivity index (χ0) is 19.2. The summed E-state index contributed by atoms with van der Waals surface area (Å²) < 4.78 is 5.42. The Bertz CT molecular complexity index is 867. The minimum absolute atomic E-state index is 0. The van der Waals surface area contributed by atoms with Gasteiger partial charge in [-0.15, -0.1) is 36.2 Å². The summed E-state index contributed by atoms with van der Waals surface area (Å²) in [5.41, 5.74) is -0.0502. The summed E-state index contributed by atoms with van der Waals surface area (Å²) >= 11 is 1.32. The average Bonchev–Trinajstić information content (AvgIpc) is 3.14. The summed E-state index contributed by atoms with van der Waals surface area (Å²) in [6.07, 6.45) is 3.49. The topological polar surface area (TPSA) is 113 Å². The van der Waals surface area contributed by atoms with E-state index in [1.165, 1.54) is 11.3 Å². The van der Waals surface area contributed by atoms with Crippen molar-refractivity contribution in [3.05, 3.63) is 45.0 Å². The van der Waals surface area contributed by atoms with Gasteiger partial charge < -0.3 is 20.4 Å². The molecular weight excluding hydrogens is 439 g/mol. The van der Waals surface area contributed by atoms with Crippen LogP contribution in [-0.2, 0) is 4.79 Å². The lowest BCUT2D eigenvalue weighted by Crippen LogP contribution is -2.32. The van der Waals surface area contributed by atoms with Gasteiger partial charge in [-0.2, -0.15) is 0 Å². The lowest BCUT2D eigenvalue weighted by molar-refractivity contribution is -0.116. The Kier molecular flexibility index (Phi) is 10.3. The number of aryl methyl sites for hydroxylation is 1. The molecule has 3 rings (SSSR count). The van der Waals surface area contributed by atoms with Crippen LogP contribution in [0.1, 0.15) is 46.9 Å². The standard InChI is InChI=1S/C18H22N4O4S.2ClH/c1-11-10-13(12-2-5-19-6-3-12)26-17(25)15(11)16(24)20-7-4-14(23)22-18-21-8-9-27-18;;/h8-10,12,19H,2-7H2,1H3,(H,20,24)(H,21,22,23);2*1H. The van der Waals surface area contributed by atoms with Crippen LogP contribution in [-0.4, -0.2) is 36.4 Å². The number of amides is 2. The molecule has 2 aromatic heterocycles. The molecule has 1 aliphatic heterocycles. The van der Waals surface area contributed by atoms with Gasteiger partial charge in [0, 0.05) is 30.5 Å². The zero-order valence-corrected chi connectivity index (χ0v) is 18.3. The number of rotatable bonds is 6. The SMILES string of the molecule is Cc1cc(C2CCNCC2)oc(=O)c1C(=O)NCCC(=O)Nc1nccs1.Cl.Cl. The Morgan fingerprint density at radius 2 is 2.03 bits per heavy atom. The molecule has 3 heterocycles. The molecule has 0 aliphatic carbocycles. The first kappa shape index (κ1) is 25.1. The minimum Gasteiger partial charge on any atom is -0.427 e. The van der Waals surface area contributed by atoms with Crippen molar-refractivity contribution in [2.24, 2.45) is 0 Å². The number of piperidine rings is 1. The maximum absolute atomic E-state index is 12.3. The molecule has 0 aromatic carbocycles. The van der Waals surface area contributed by atoms with Crippen molar-refractivity contribution in [2.45, 2.75) is 32.1 Å². The van der Waals surface area contributed by atoms with Crippen molar-refractivity contribution >= 4 is 53.1 Å². The van der Waals surface area contributed by atoms with Gasteiger partial charge in [-0.25, -0.2) is 9.78 Å². The third-order valence-electron chi connectivity index (χ3n) is 4.45. The maximum Gasteiger partial charge on any atom is 0.349 e. The molecule has 2 aromatic rings. The lowest BCUT2D eigenvalue weighted by atomic mass is 9.94. The molecule has 0 saturated carbocycles. The molecule has 160 valence electrons. The van der Waals surface area contributed by atoms with Crippen LogP contribution >= 0.6 is 36.2 Å². The van der Waals surface area contributed by atoms with Gasteiger partial charge in [-0.3, -0.25) is 9.59 Å². The van der Waals surface area contributed by atoms with Crippen molar-refractivity contribution in [1.29, 1.82) is 0 Å². The zero-order valence-electron chi connectivity index (χ0n) is 15.9. The Labute approximate surface area is 184 Å². The summed E-state index contributed by atoms with van der Waals surface area (Å²) in [6.45, 7) is 3.62. The number of hydrogen-bond acceptors (Lipinski definition) is 7. The molecule has 1 saturated heterocycles. The Morgan fingerprint density at radius 1 is 1.31 bits per heavy atom. The van der Waals surface area contributed by atoms with E-state index in [2.05, 4.69) is 20.9 Å². The fourth-order valence-electron chi connectivity index (χ4n) is 3.06. The van der Waals surface area contributed by atoms with E-state index in [0.29, 0.717) is 16.5 Å². The Morgan fingerprint density at radius 3 is 2.66 bits per heavy atom. The van der Waals surface area contributed by atoms with Gasteiger partial charge in [-0.05, 0) is 44.5 Å². The third kappa shape index (κ3) is 6.81. The van der Waals surface area contributed by atoms with Gasteiger partial charge in [0.05, 0.1) is 0 Å². The van der Waals surface area contributed by atoms with E-state index in [4.69, 9.17) is 4.42 Å². The van der Waals surface area contributed by atoms with Crippen LogP contribution in [0, 0.1) is 6.92 Å². The third-order valence-corrected chi connectivity index (χ3v) is 5.14. The van der Waals surface area contributed by atoms with Gasteiger partial charge >= 0.3 is 5.63 Å². The van der Waals surface area contributed by atoms with Crippen LogP contribution in [0.5, 0.6) is 0 Å². The minimum atomic E-state index is -0.631. The summed E-state index contributed by atoms with van der Waals surface area (Å²) in [7, 11) is 0. The summed E-state index contributed by atoms with van der Waals surface area (Å²) in [5.74, 6) is 0.0538. The molecule has 0 unspecified atom stereocenters. The Hall–Kier alpha value is -1.94. The highest BCUT2D eigenvalue weighted by molar-refractivity contribution is 7.13. The largest absolute Gasteiger partial charge is 0.427 e. The number of carbonyl (C=O) groups excluding carboxylic acids is 2. The van der Waals surface area contributed by atoms with Gasteiger partial charge in [0.2, 0.25) is 5.91 Å². The number of halogens is 2. The van der Waals surface area contributed by atoms with E-state index in [1.54, 1.807) is 24.6 Å². The van der Waals surface area contributed by atoms with Crippen LogP contribution in [0.4, 0.5) is 5.13 Å². The van der Waals surface area contributed by atoms with Crippen molar-refractivity contribution in [3.8, 4) is 0 Å². The van der Waals surface area contributed by atoms with Crippen LogP contribution in [0.2, 0.25) is 0 Å². The summed E-state index contributed by atoms with van der Waals surface area (Å²) in [4.78, 5) is 40.4. The molecule has 29 heavy (non-hydrogen) atoms. The molecule has 0 radical (unpaired) electrons. The maximum atomic E-state index is 12.3. The second-order valence-electron chi connectivity index (χ2n) is 6.41. The average molecular weight is 463 g/mol. The highest BCUT2D eigenvalue weighted by atomic mass is 35.5. The van der Waals surface area contributed by atoms with Crippen LogP contribution in [0.15, 0.2) is 26.9 Å². The van der Waals surface area contributed by atoms with Crippen molar-refractivity contribution in [2.75, 3.05) is 25.0 Å². The number of anilines is 1. The quantitative estimate of drug-likeness (QED) is 0.607. The number of aromatic nitrogens is 1. The van der Waals surface area contributed by atoms with Crippen molar-refractivity contribution in [3.63, 3.8) is 0 Å². The number of carbonyl (C=O) groups is 2. The molecule has 8 nitrogen and oxygen atoms in total. The van der Waals surface area contributed by atoms with Gasteiger partial charge in [-0.1, -0.05) is 0 Å². The van der Waals surface area contributed by atoms with Crippen molar-refractivity contribution in [1.82, 2.24) is 15.6 Å². The van der Waals surface area contributed by atoms with E-state index < -0.39 is 11.5 Å². The van der Waals surface area contributed by atoms with E-state index in [9.17, 15) is 14.4 Å². The van der Waals surface area contributed by atoms with Crippen LogP contribution in [0.25, 0.3) is 0 Å². The predicted molar refractivity (Wildman–Crippen MR) is 117 cm³/mol. The van der Waals surface area contributed by atoms with E-state index in [1.807, 2.05) is 0 Å². The number of thiazole rings is 1. The normalized spacial score (nSPS) is 13.7. The summed E-state index contributed by atoms with van der Waals surface area (Å²) in [5, 5.41) is 10.8. The molecule has 3 N–H and O–H groups in total. The van der Waals surface area contributed by atoms with Gasteiger partial charge in [0.15, 0.2) is 5.13 Å². The molecule has 2 amide bonds. The highest BCUT2D eigenvalue weighted by Crippen LogP contribution is 2.25. The first-order valence-electron chi connectivity index (χ1n) is 8.87. The highest BCUT2D eigenvalue weighted by Gasteiger charge is 2.22. The number of nitrogens with zero attached hydrogens (tertiary/aromatic N) is 1. The molecule has 0 atom stereocenters. The summed E-state index contributed by atoms with van der Waals surface area (Å²) in [6, 6.07) is 1.78. The number of hydrogen-bond donors (Lipinski definition) is 3. The molecular formula is C18H24Cl2N4O4S. The fraction of sp³-hybridized carbons (Fsp3) is 0.444. The first-order valence-corrected chi connectivity index (χ1v) is 9.75. The molecule has 11 heteroatoms. The number of nitrogens with one attached hydrogen (secondary N) is 3. The van der Waals surface area contributed by atoms with Crippen LogP contribution in [0.3, 0.4) is 0 Å². The second-order valence-corrected chi connectivity index (χ2v) is 7.30. The van der Waals surface area contributed by atoms with Crippen molar-refractivity contribution < 1.29 is 14.0 Å². The Balaban J connectivity index is 0.00000210. The van der Waals surface area contributed by atoms with Gasteiger partial charge in [0.1, 0.15) is 11.3 Å². The second kappa shape index (κ2) is 11.9. The molecule has 0 bridgehead atoms. The lowest BCUT2D eigenvalue weighted by Gasteiger charge is -2.21. The first-order chi connectivity index (χ1) is 13.0. The molecule has 1 aliphatic rings. The predicted octanol–water partition coefficient (Wildman–Crippen LogP) is 2.47.